The first-order valence-electron chi connectivity index (χ1n) is 7.18. The Labute approximate surface area is 147 Å². The van der Waals surface area contributed by atoms with Crippen LogP contribution in [0.3, 0.4) is 0 Å². The molecule has 0 aliphatic carbocycles. The van der Waals surface area contributed by atoms with Crippen LogP contribution in [0.4, 0.5) is 11.4 Å². The number of halogens is 1. The highest BCUT2D eigenvalue weighted by molar-refractivity contribution is 7.99. The number of thioether (sulfide) groups is 1. The molecule has 1 aromatic carbocycles. The molecule has 0 aliphatic heterocycles. The van der Waals surface area contributed by atoms with Crippen molar-refractivity contribution in [2.75, 3.05) is 11.1 Å². The van der Waals surface area contributed by atoms with E-state index in [-0.39, 0.29) is 22.4 Å². The van der Waals surface area contributed by atoms with Gasteiger partial charge in [0.25, 0.3) is 5.69 Å². The summed E-state index contributed by atoms with van der Waals surface area (Å²) >= 11 is 7.01. The zero-order valence-electron chi connectivity index (χ0n) is 13.2. The second-order valence-corrected chi connectivity index (χ2v) is 6.29. The van der Waals surface area contributed by atoms with Crippen LogP contribution in [-0.4, -0.2) is 31.3 Å². The van der Waals surface area contributed by atoms with E-state index >= 15 is 0 Å². The minimum atomic E-state index is -0.595. The largest absolute Gasteiger partial charge is 0.325 e. The van der Waals surface area contributed by atoms with E-state index in [0.29, 0.717) is 10.8 Å². The zero-order valence-corrected chi connectivity index (χ0v) is 14.7. The van der Waals surface area contributed by atoms with Gasteiger partial charge in [0.1, 0.15) is 10.8 Å². The molecule has 128 valence electrons. The molecule has 1 aromatic heterocycles. The van der Waals surface area contributed by atoms with Crippen LogP contribution in [0.25, 0.3) is 0 Å². The summed E-state index contributed by atoms with van der Waals surface area (Å²) in [6.45, 7) is 4.69. The second kappa shape index (κ2) is 8.11. The molecule has 0 spiro atoms. The van der Waals surface area contributed by atoms with Gasteiger partial charge in [-0.25, -0.2) is 0 Å². The maximum absolute atomic E-state index is 12.0. The average molecular weight is 370 g/mol. The van der Waals surface area contributed by atoms with Gasteiger partial charge < -0.3 is 9.88 Å². The van der Waals surface area contributed by atoms with Crippen molar-refractivity contribution in [2.45, 2.75) is 32.0 Å². The molecule has 8 nitrogen and oxygen atoms in total. The van der Waals surface area contributed by atoms with Gasteiger partial charge in [-0.05, 0) is 25.5 Å². The van der Waals surface area contributed by atoms with Crippen molar-refractivity contribution in [2.24, 2.45) is 0 Å². The number of anilines is 1. The molecule has 0 fully saturated rings. The summed E-state index contributed by atoms with van der Waals surface area (Å²) in [4.78, 5) is 22.3. The van der Waals surface area contributed by atoms with Crippen molar-refractivity contribution < 1.29 is 9.72 Å². The Kier molecular flexibility index (Phi) is 6.16. The standard InChI is InChI=1S/C14H16ClN5O3S/c1-3-6-19-9(2)17-18-14(19)24-8-13(21)16-10-4-5-11(15)12(7-10)20(22)23/h4-5,7H,3,6,8H2,1-2H3,(H,16,21). The number of nitro benzene ring substituents is 1. The fourth-order valence-corrected chi connectivity index (χ4v) is 3.00. The predicted molar refractivity (Wildman–Crippen MR) is 92.5 cm³/mol. The molecule has 24 heavy (non-hydrogen) atoms. The SMILES string of the molecule is CCCn1c(C)nnc1SCC(=O)Nc1ccc(Cl)c([N+](=O)[O-])c1. The minimum Gasteiger partial charge on any atom is -0.325 e. The lowest BCUT2D eigenvalue weighted by Gasteiger charge is -2.07. The van der Waals surface area contributed by atoms with Crippen LogP contribution in [0.5, 0.6) is 0 Å². The van der Waals surface area contributed by atoms with Crippen LogP contribution in [0, 0.1) is 17.0 Å². The minimum absolute atomic E-state index is 0.0236. The molecule has 0 aliphatic rings. The Bertz CT molecular complexity index is 765. The summed E-state index contributed by atoms with van der Waals surface area (Å²) in [5, 5.41) is 22.2. The Balaban J connectivity index is 1.99. The van der Waals surface area contributed by atoms with Crippen LogP contribution >= 0.6 is 23.4 Å². The smallest absolute Gasteiger partial charge is 0.289 e. The molecule has 1 amide bonds. The third-order valence-electron chi connectivity index (χ3n) is 3.11. The number of hydrogen-bond donors (Lipinski definition) is 1. The van der Waals surface area contributed by atoms with Crippen LogP contribution in [-0.2, 0) is 11.3 Å². The van der Waals surface area contributed by atoms with E-state index in [2.05, 4.69) is 15.5 Å². The van der Waals surface area contributed by atoms with Crippen molar-refractivity contribution in [3.05, 3.63) is 39.2 Å². The molecule has 0 radical (unpaired) electrons. The third-order valence-corrected chi connectivity index (χ3v) is 4.39. The van der Waals surface area contributed by atoms with Crippen molar-refractivity contribution in [3.8, 4) is 0 Å². The molecule has 1 heterocycles. The summed E-state index contributed by atoms with van der Waals surface area (Å²) in [5.41, 5.74) is 0.0725. The number of carbonyl (C=O) groups excluding carboxylic acids is 1. The average Bonchev–Trinajstić information content (AvgIpc) is 2.88. The fourth-order valence-electron chi connectivity index (χ4n) is 2.01. The number of hydrogen-bond acceptors (Lipinski definition) is 6. The molecule has 0 saturated heterocycles. The van der Waals surface area contributed by atoms with E-state index in [0.717, 1.165) is 18.8 Å². The zero-order chi connectivity index (χ0) is 17.7. The van der Waals surface area contributed by atoms with Crippen LogP contribution < -0.4 is 5.32 Å². The molecule has 0 atom stereocenters. The van der Waals surface area contributed by atoms with Crippen molar-refractivity contribution in [1.29, 1.82) is 0 Å². The third kappa shape index (κ3) is 4.45. The van der Waals surface area contributed by atoms with Crippen LogP contribution in [0.15, 0.2) is 23.4 Å². The van der Waals surface area contributed by atoms with Crippen molar-refractivity contribution in [1.82, 2.24) is 14.8 Å². The van der Waals surface area contributed by atoms with E-state index in [1.807, 2.05) is 18.4 Å². The normalized spacial score (nSPS) is 10.6. The Morgan fingerprint density at radius 2 is 2.21 bits per heavy atom. The monoisotopic (exact) mass is 369 g/mol. The topological polar surface area (TPSA) is 103 Å². The van der Waals surface area contributed by atoms with Gasteiger partial charge in [-0.2, -0.15) is 0 Å². The maximum Gasteiger partial charge on any atom is 0.289 e. The first-order chi connectivity index (χ1) is 11.4. The van der Waals surface area contributed by atoms with Gasteiger partial charge >= 0.3 is 0 Å². The molecule has 10 heteroatoms. The highest BCUT2D eigenvalue weighted by atomic mass is 35.5. The van der Waals surface area contributed by atoms with Gasteiger partial charge in [-0.15, -0.1) is 10.2 Å². The number of aryl methyl sites for hydroxylation is 1. The first kappa shape index (κ1) is 18.2. The van der Waals surface area contributed by atoms with E-state index in [1.54, 1.807) is 0 Å². The van der Waals surface area contributed by atoms with E-state index < -0.39 is 4.92 Å². The summed E-state index contributed by atoms with van der Waals surface area (Å²) < 4.78 is 1.95. The summed E-state index contributed by atoms with van der Waals surface area (Å²) in [6, 6.07) is 4.12. The van der Waals surface area contributed by atoms with E-state index in [9.17, 15) is 14.9 Å². The van der Waals surface area contributed by atoms with Gasteiger partial charge in [-0.3, -0.25) is 14.9 Å². The number of amides is 1. The summed E-state index contributed by atoms with van der Waals surface area (Å²) in [6.07, 6.45) is 0.938. The summed E-state index contributed by atoms with van der Waals surface area (Å²) in [7, 11) is 0. The lowest BCUT2D eigenvalue weighted by molar-refractivity contribution is -0.384. The highest BCUT2D eigenvalue weighted by Gasteiger charge is 2.15. The molecular formula is C14H16ClN5O3S. The van der Waals surface area contributed by atoms with Crippen LogP contribution in [0.1, 0.15) is 19.2 Å². The molecule has 1 N–H and O–H groups in total. The van der Waals surface area contributed by atoms with E-state index in [4.69, 9.17) is 11.6 Å². The van der Waals surface area contributed by atoms with Gasteiger partial charge in [0.2, 0.25) is 5.91 Å². The number of aromatic nitrogens is 3. The molecular weight excluding hydrogens is 354 g/mol. The van der Waals surface area contributed by atoms with Gasteiger partial charge in [-0.1, -0.05) is 30.3 Å². The molecule has 0 unspecified atom stereocenters. The molecule has 2 rings (SSSR count). The van der Waals surface area contributed by atoms with Crippen LogP contribution in [0.2, 0.25) is 5.02 Å². The quantitative estimate of drug-likeness (QED) is 0.456. The van der Waals surface area contributed by atoms with Gasteiger partial charge in [0.15, 0.2) is 5.16 Å². The summed E-state index contributed by atoms with van der Waals surface area (Å²) in [5.74, 6) is 0.631. The van der Waals surface area contributed by atoms with Gasteiger partial charge in [0.05, 0.1) is 10.7 Å². The number of benzene rings is 1. The number of nitrogens with zero attached hydrogens (tertiary/aromatic N) is 4. The number of nitro groups is 1. The maximum atomic E-state index is 12.0. The van der Waals surface area contributed by atoms with E-state index in [1.165, 1.54) is 30.0 Å². The van der Waals surface area contributed by atoms with Gasteiger partial charge in [0, 0.05) is 18.3 Å². The first-order valence-corrected chi connectivity index (χ1v) is 8.55. The highest BCUT2D eigenvalue weighted by Crippen LogP contribution is 2.27. The lowest BCUT2D eigenvalue weighted by Crippen LogP contribution is -2.15. The van der Waals surface area contributed by atoms with Crippen molar-refractivity contribution >= 4 is 40.6 Å². The molecule has 2 aromatic rings. The number of carbonyl (C=O) groups is 1. The Morgan fingerprint density at radius 3 is 2.88 bits per heavy atom. The van der Waals surface area contributed by atoms with Crippen molar-refractivity contribution in [3.63, 3.8) is 0 Å². The number of rotatable bonds is 7. The lowest BCUT2D eigenvalue weighted by atomic mass is 10.3. The fraction of sp³-hybridized carbons (Fsp3) is 0.357. The second-order valence-electron chi connectivity index (χ2n) is 4.94. The Morgan fingerprint density at radius 1 is 1.46 bits per heavy atom. The molecule has 0 saturated carbocycles. The predicted octanol–water partition coefficient (Wildman–Crippen LogP) is 3.29. The number of nitrogens with one attached hydrogen (secondary N) is 1. The molecule has 0 bridgehead atoms. The Hall–Kier alpha value is -2.13.